The number of carbonyl (C=O) groups excluding carboxylic acids is 1. The van der Waals surface area contributed by atoms with Crippen LogP contribution in [0.4, 0.5) is 0 Å². The summed E-state index contributed by atoms with van der Waals surface area (Å²) in [4.78, 5) is 10.5. The quantitative estimate of drug-likeness (QED) is 0.408. The molecule has 1 rings (SSSR count). The fourth-order valence-electron chi connectivity index (χ4n) is 0.868. The standard InChI is InChI=1S/C7H11NO/c1-5(2)7(3)4-6(9)8-7/h1,4H2,2-3H3,(H,8,9)/t7-/m0/s1. The highest BCUT2D eigenvalue weighted by Gasteiger charge is 2.38. The van der Waals surface area contributed by atoms with Gasteiger partial charge in [0.2, 0.25) is 5.91 Å². The van der Waals surface area contributed by atoms with Crippen LogP contribution in [0.3, 0.4) is 0 Å². The summed E-state index contributed by atoms with van der Waals surface area (Å²) in [6, 6.07) is 0. The largest absolute Gasteiger partial charge is 0.347 e. The Bertz CT molecular complexity index is 164. The van der Waals surface area contributed by atoms with Gasteiger partial charge in [-0.15, -0.1) is 0 Å². The molecule has 9 heavy (non-hydrogen) atoms. The lowest BCUT2D eigenvalue weighted by Gasteiger charge is -2.39. The predicted octanol–water partition coefficient (Wildman–Crippen LogP) is 0.841. The molecule has 50 valence electrons. The first-order valence-electron chi connectivity index (χ1n) is 3.01. The van der Waals surface area contributed by atoms with E-state index in [9.17, 15) is 4.79 Å². The van der Waals surface area contributed by atoms with Crippen LogP contribution in [0.5, 0.6) is 0 Å². The molecule has 1 N–H and O–H groups in total. The highest BCUT2D eigenvalue weighted by Crippen LogP contribution is 2.25. The second kappa shape index (κ2) is 1.59. The Balaban J connectivity index is 2.60. The van der Waals surface area contributed by atoms with Gasteiger partial charge in [-0.05, 0) is 13.8 Å². The van der Waals surface area contributed by atoms with E-state index in [1.165, 1.54) is 0 Å². The fourth-order valence-corrected chi connectivity index (χ4v) is 0.868. The second-order valence-corrected chi connectivity index (χ2v) is 2.84. The Morgan fingerprint density at radius 1 is 1.89 bits per heavy atom. The first-order valence-corrected chi connectivity index (χ1v) is 3.01. The van der Waals surface area contributed by atoms with Crippen LogP contribution in [0.25, 0.3) is 0 Å². The number of hydrogen-bond donors (Lipinski definition) is 1. The van der Waals surface area contributed by atoms with Crippen LogP contribution in [0.1, 0.15) is 20.3 Å². The smallest absolute Gasteiger partial charge is 0.223 e. The molecule has 0 aliphatic carbocycles. The van der Waals surface area contributed by atoms with E-state index in [1.807, 2.05) is 13.8 Å². The summed E-state index contributed by atoms with van der Waals surface area (Å²) in [5, 5.41) is 2.78. The Morgan fingerprint density at radius 3 is 2.44 bits per heavy atom. The van der Waals surface area contributed by atoms with Crippen molar-refractivity contribution in [3.05, 3.63) is 12.2 Å². The predicted molar refractivity (Wildman–Crippen MR) is 36.0 cm³/mol. The Kier molecular flexibility index (Phi) is 1.12. The van der Waals surface area contributed by atoms with Gasteiger partial charge in [-0.2, -0.15) is 0 Å². The van der Waals surface area contributed by atoms with Crippen LogP contribution in [-0.4, -0.2) is 11.4 Å². The molecule has 1 saturated heterocycles. The molecule has 1 heterocycles. The molecule has 0 saturated carbocycles. The second-order valence-electron chi connectivity index (χ2n) is 2.84. The van der Waals surface area contributed by atoms with Crippen molar-refractivity contribution in [3.63, 3.8) is 0 Å². The third-order valence-corrected chi connectivity index (χ3v) is 1.87. The summed E-state index contributed by atoms with van der Waals surface area (Å²) in [6.45, 7) is 7.68. The molecule has 1 atom stereocenters. The molecule has 1 amide bonds. The van der Waals surface area contributed by atoms with Crippen LogP contribution >= 0.6 is 0 Å². The molecule has 1 fully saturated rings. The molecule has 0 bridgehead atoms. The molecule has 0 spiro atoms. The van der Waals surface area contributed by atoms with Gasteiger partial charge in [0.25, 0.3) is 0 Å². The first-order chi connectivity index (χ1) is 4.04. The van der Waals surface area contributed by atoms with Crippen molar-refractivity contribution in [2.24, 2.45) is 0 Å². The van der Waals surface area contributed by atoms with Crippen molar-refractivity contribution in [2.75, 3.05) is 0 Å². The van der Waals surface area contributed by atoms with Gasteiger partial charge in [0, 0.05) is 0 Å². The van der Waals surface area contributed by atoms with E-state index >= 15 is 0 Å². The van der Waals surface area contributed by atoms with Gasteiger partial charge in [-0.3, -0.25) is 4.79 Å². The van der Waals surface area contributed by atoms with Crippen molar-refractivity contribution in [1.82, 2.24) is 5.32 Å². The van der Waals surface area contributed by atoms with Gasteiger partial charge in [0.05, 0.1) is 12.0 Å². The van der Waals surface area contributed by atoms with E-state index in [0.29, 0.717) is 6.42 Å². The topological polar surface area (TPSA) is 29.1 Å². The van der Waals surface area contributed by atoms with Gasteiger partial charge in [0.15, 0.2) is 0 Å². The fraction of sp³-hybridized carbons (Fsp3) is 0.571. The summed E-state index contributed by atoms with van der Waals surface area (Å²) in [5.74, 6) is 0.125. The number of carbonyl (C=O) groups is 1. The molecule has 0 aromatic rings. The van der Waals surface area contributed by atoms with E-state index in [0.717, 1.165) is 5.57 Å². The van der Waals surface area contributed by atoms with Crippen LogP contribution in [0.15, 0.2) is 12.2 Å². The zero-order valence-corrected chi connectivity index (χ0v) is 5.82. The van der Waals surface area contributed by atoms with Crippen molar-refractivity contribution >= 4 is 5.91 Å². The molecule has 0 unspecified atom stereocenters. The maximum atomic E-state index is 10.5. The molecule has 0 aromatic heterocycles. The minimum atomic E-state index is -0.100. The third kappa shape index (κ3) is 0.846. The minimum absolute atomic E-state index is 0.100. The van der Waals surface area contributed by atoms with Crippen LogP contribution < -0.4 is 5.32 Å². The Labute approximate surface area is 54.9 Å². The first kappa shape index (κ1) is 6.33. The average Bonchev–Trinajstić information content (AvgIpc) is 1.62. The van der Waals surface area contributed by atoms with Crippen molar-refractivity contribution in [2.45, 2.75) is 25.8 Å². The molecule has 2 nitrogen and oxygen atoms in total. The van der Waals surface area contributed by atoms with E-state index in [1.54, 1.807) is 0 Å². The summed E-state index contributed by atoms with van der Waals surface area (Å²) in [6.07, 6.45) is 0.600. The van der Waals surface area contributed by atoms with Gasteiger partial charge in [-0.25, -0.2) is 0 Å². The lowest BCUT2D eigenvalue weighted by atomic mass is 9.83. The molecular weight excluding hydrogens is 114 g/mol. The Morgan fingerprint density at radius 2 is 2.33 bits per heavy atom. The van der Waals surface area contributed by atoms with E-state index in [2.05, 4.69) is 11.9 Å². The van der Waals surface area contributed by atoms with E-state index in [-0.39, 0.29) is 11.4 Å². The third-order valence-electron chi connectivity index (χ3n) is 1.87. The van der Waals surface area contributed by atoms with E-state index in [4.69, 9.17) is 0 Å². The van der Waals surface area contributed by atoms with Crippen molar-refractivity contribution in [1.29, 1.82) is 0 Å². The van der Waals surface area contributed by atoms with Crippen LogP contribution in [0, 0.1) is 0 Å². The zero-order chi connectivity index (χ0) is 7.07. The van der Waals surface area contributed by atoms with Crippen molar-refractivity contribution in [3.8, 4) is 0 Å². The summed E-state index contributed by atoms with van der Waals surface area (Å²) in [7, 11) is 0. The monoisotopic (exact) mass is 125 g/mol. The number of rotatable bonds is 1. The summed E-state index contributed by atoms with van der Waals surface area (Å²) >= 11 is 0. The summed E-state index contributed by atoms with van der Waals surface area (Å²) in [5.41, 5.74) is 0.930. The maximum absolute atomic E-state index is 10.5. The van der Waals surface area contributed by atoms with Crippen LogP contribution in [-0.2, 0) is 4.79 Å². The molecular formula is C7H11NO. The summed E-state index contributed by atoms with van der Waals surface area (Å²) < 4.78 is 0. The van der Waals surface area contributed by atoms with Crippen molar-refractivity contribution < 1.29 is 4.79 Å². The highest BCUT2D eigenvalue weighted by atomic mass is 16.2. The molecule has 0 radical (unpaired) electrons. The SMILES string of the molecule is C=C(C)[C@]1(C)CC(=O)N1. The number of hydrogen-bond acceptors (Lipinski definition) is 1. The number of amides is 1. The number of nitrogens with one attached hydrogen (secondary N) is 1. The Hall–Kier alpha value is -0.790. The normalized spacial score (nSPS) is 32.9. The minimum Gasteiger partial charge on any atom is -0.347 e. The zero-order valence-electron chi connectivity index (χ0n) is 5.82. The molecule has 1 aliphatic heterocycles. The molecule has 2 heteroatoms. The van der Waals surface area contributed by atoms with Gasteiger partial charge < -0.3 is 5.32 Å². The van der Waals surface area contributed by atoms with Gasteiger partial charge in [0.1, 0.15) is 0 Å². The lowest BCUT2D eigenvalue weighted by molar-refractivity contribution is -0.130. The number of β-lactam (4-membered cyclic amide) rings is 1. The molecule has 1 aliphatic rings. The molecule has 0 aromatic carbocycles. The lowest BCUT2D eigenvalue weighted by Crippen LogP contribution is -2.59. The maximum Gasteiger partial charge on any atom is 0.223 e. The average molecular weight is 125 g/mol. The van der Waals surface area contributed by atoms with Gasteiger partial charge in [-0.1, -0.05) is 12.2 Å². The van der Waals surface area contributed by atoms with Crippen LogP contribution in [0.2, 0.25) is 0 Å². The van der Waals surface area contributed by atoms with Gasteiger partial charge >= 0.3 is 0 Å². The van der Waals surface area contributed by atoms with E-state index < -0.39 is 0 Å². The highest BCUT2D eigenvalue weighted by molar-refractivity contribution is 5.86.